The lowest BCUT2D eigenvalue weighted by Gasteiger charge is -2.33. The maximum Gasteiger partial charge on any atom is 0.406 e. The molecule has 0 spiro atoms. The molecule has 1 amide bonds. The second-order valence-electron chi connectivity index (χ2n) is 5.25. The number of alkyl halides is 6. The fourth-order valence-electron chi connectivity index (χ4n) is 2.57. The molecule has 1 aliphatic rings. The van der Waals surface area contributed by atoms with E-state index < -0.39 is 36.6 Å². The minimum atomic E-state index is -4.55. The topological polar surface area (TPSA) is 46.3 Å². The quantitative estimate of drug-likeness (QED) is 0.810. The number of rotatable bonds is 4. The number of amides is 1. The second-order valence-corrected chi connectivity index (χ2v) is 5.25. The van der Waals surface area contributed by atoms with Crippen molar-refractivity contribution in [3.63, 3.8) is 0 Å². The molecule has 0 aromatic heterocycles. The SMILES string of the molecule is NCCN(CC(F)(F)F)C(=O)C1CCC(C(F)(F)F)CC1. The lowest BCUT2D eigenvalue weighted by atomic mass is 9.81. The van der Waals surface area contributed by atoms with Crippen molar-refractivity contribution < 1.29 is 31.1 Å². The first-order valence-corrected chi connectivity index (χ1v) is 6.67. The summed E-state index contributed by atoms with van der Waals surface area (Å²) in [7, 11) is 0. The molecule has 21 heavy (non-hydrogen) atoms. The van der Waals surface area contributed by atoms with Crippen LogP contribution in [-0.2, 0) is 4.79 Å². The Morgan fingerprint density at radius 1 is 1.05 bits per heavy atom. The molecular weight excluding hydrogens is 302 g/mol. The predicted octanol–water partition coefficient (Wildman–Crippen LogP) is 2.70. The van der Waals surface area contributed by atoms with E-state index in [9.17, 15) is 31.1 Å². The van der Waals surface area contributed by atoms with Gasteiger partial charge in [0.1, 0.15) is 6.54 Å². The van der Waals surface area contributed by atoms with E-state index in [1.54, 1.807) is 0 Å². The van der Waals surface area contributed by atoms with E-state index in [1.807, 2.05) is 0 Å². The van der Waals surface area contributed by atoms with Gasteiger partial charge in [-0.15, -0.1) is 0 Å². The van der Waals surface area contributed by atoms with Gasteiger partial charge in [0.05, 0.1) is 5.92 Å². The third-order valence-electron chi connectivity index (χ3n) is 3.62. The molecule has 0 radical (unpaired) electrons. The first-order valence-electron chi connectivity index (χ1n) is 6.67. The number of hydrogen-bond donors (Lipinski definition) is 1. The fourth-order valence-corrected chi connectivity index (χ4v) is 2.57. The summed E-state index contributed by atoms with van der Waals surface area (Å²) in [5, 5.41) is 0. The largest absolute Gasteiger partial charge is 0.406 e. The van der Waals surface area contributed by atoms with Crippen LogP contribution in [0.4, 0.5) is 26.3 Å². The number of carbonyl (C=O) groups is 1. The van der Waals surface area contributed by atoms with Crippen LogP contribution in [0, 0.1) is 11.8 Å². The lowest BCUT2D eigenvalue weighted by molar-refractivity contribution is -0.186. The molecule has 0 aliphatic heterocycles. The lowest BCUT2D eigenvalue weighted by Crippen LogP contribution is -2.45. The molecule has 0 bridgehead atoms. The first kappa shape index (κ1) is 18.1. The maximum absolute atomic E-state index is 12.5. The van der Waals surface area contributed by atoms with Crippen LogP contribution < -0.4 is 5.73 Å². The van der Waals surface area contributed by atoms with Crippen LogP contribution in [0.25, 0.3) is 0 Å². The highest BCUT2D eigenvalue weighted by Gasteiger charge is 2.43. The zero-order valence-corrected chi connectivity index (χ0v) is 11.3. The molecule has 0 aromatic rings. The van der Waals surface area contributed by atoms with E-state index >= 15 is 0 Å². The molecule has 124 valence electrons. The number of hydrogen-bond acceptors (Lipinski definition) is 2. The van der Waals surface area contributed by atoms with E-state index in [1.165, 1.54) is 0 Å². The molecule has 0 unspecified atom stereocenters. The zero-order chi connectivity index (χ0) is 16.3. The second kappa shape index (κ2) is 6.85. The number of nitrogens with zero attached hydrogens (tertiary/aromatic N) is 1. The monoisotopic (exact) mass is 320 g/mol. The molecule has 0 saturated heterocycles. The van der Waals surface area contributed by atoms with Crippen LogP contribution in [0.1, 0.15) is 25.7 Å². The van der Waals surface area contributed by atoms with Gasteiger partial charge in [-0.25, -0.2) is 0 Å². The Morgan fingerprint density at radius 2 is 1.57 bits per heavy atom. The van der Waals surface area contributed by atoms with Crippen molar-refractivity contribution in [3.8, 4) is 0 Å². The van der Waals surface area contributed by atoms with Crippen molar-refractivity contribution in [3.05, 3.63) is 0 Å². The van der Waals surface area contributed by atoms with Crippen molar-refractivity contribution in [2.45, 2.75) is 38.0 Å². The molecule has 2 N–H and O–H groups in total. The average molecular weight is 320 g/mol. The van der Waals surface area contributed by atoms with E-state index in [0.717, 1.165) is 0 Å². The van der Waals surface area contributed by atoms with Crippen LogP contribution in [-0.4, -0.2) is 42.8 Å². The summed E-state index contributed by atoms with van der Waals surface area (Å²) < 4.78 is 74.7. The third kappa shape index (κ3) is 5.72. The predicted molar refractivity (Wildman–Crippen MR) is 63.2 cm³/mol. The summed E-state index contributed by atoms with van der Waals surface area (Å²) in [6, 6.07) is 0. The van der Waals surface area contributed by atoms with Gasteiger partial charge >= 0.3 is 12.4 Å². The molecule has 0 heterocycles. The molecule has 1 aliphatic carbocycles. The Kier molecular flexibility index (Phi) is 5.89. The molecular formula is C12H18F6N2O. The average Bonchev–Trinajstić information content (AvgIpc) is 2.35. The van der Waals surface area contributed by atoms with E-state index in [2.05, 4.69) is 0 Å². The molecule has 9 heteroatoms. The van der Waals surface area contributed by atoms with Gasteiger partial charge in [0.2, 0.25) is 5.91 Å². The van der Waals surface area contributed by atoms with Crippen molar-refractivity contribution in [1.29, 1.82) is 0 Å². The van der Waals surface area contributed by atoms with E-state index in [-0.39, 0.29) is 38.8 Å². The normalized spacial score (nSPS) is 24.0. The van der Waals surface area contributed by atoms with Crippen molar-refractivity contribution >= 4 is 5.91 Å². The molecule has 0 aromatic carbocycles. The van der Waals surface area contributed by atoms with Crippen molar-refractivity contribution in [2.75, 3.05) is 19.6 Å². The Labute approximate surface area is 118 Å². The molecule has 0 atom stereocenters. The molecule has 3 nitrogen and oxygen atoms in total. The van der Waals surface area contributed by atoms with Gasteiger partial charge in [-0.2, -0.15) is 26.3 Å². The van der Waals surface area contributed by atoms with Gasteiger partial charge in [0, 0.05) is 19.0 Å². The van der Waals surface area contributed by atoms with Gasteiger partial charge in [0.25, 0.3) is 0 Å². The molecule has 1 fully saturated rings. The van der Waals surface area contributed by atoms with E-state index in [4.69, 9.17) is 5.73 Å². The number of carbonyl (C=O) groups excluding carboxylic acids is 1. The molecule has 1 rings (SSSR count). The molecule has 1 saturated carbocycles. The van der Waals surface area contributed by atoms with Crippen molar-refractivity contribution in [1.82, 2.24) is 4.90 Å². The van der Waals surface area contributed by atoms with Gasteiger partial charge in [-0.05, 0) is 25.7 Å². The minimum Gasteiger partial charge on any atom is -0.332 e. The Morgan fingerprint density at radius 3 is 1.95 bits per heavy atom. The Balaban J connectivity index is 2.61. The standard InChI is InChI=1S/C12H18F6N2O/c13-11(14,15)7-20(6-5-19)10(21)8-1-3-9(4-2-8)12(16,17)18/h8-9H,1-7,19H2. The third-order valence-corrected chi connectivity index (χ3v) is 3.62. The van der Waals surface area contributed by atoms with Crippen LogP contribution >= 0.6 is 0 Å². The van der Waals surface area contributed by atoms with E-state index in [0.29, 0.717) is 4.90 Å². The first-order chi connectivity index (χ1) is 9.54. The summed E-state index contributed by atoms with van der Waals surface area (Å²) in [6.07, 6.45) is -9.38. The Bertz CT molecular complexity index is 347. The maximum atomic E-state index is 12.5. The van der Waals surface area contributed by atoms with Crippen LogP contribution in [0.3, 0.4) is 0 Å². The minimum absolute atomic E-state index is 0.0397. The number of halogens is 6. The van der Waals surface area contributed by atoms with Gasteiger partial charge in [-0.3, -0.25) is 4.79 Å². The summed E-state index contributed by atoms with van der Waals surface area (Å²) in [5.41, 5.74) is 5.18. The van der Waals surface area contributed by atoms with Crippen LogP contribution in [0.2, 0.25) is 0 Å². The van der Waals surface area contributed by atoms with Crippen LogP contribution in [0.5, 0.6) is 0 Å². The highest BCUT2D eigenvalue weighted by Crippen LogP contribution is 2.40. The fraction of sp³-hybridized carbons (Fsp3) is 0.917. The Hall–Kier alpha value is -0.990. The zero-order valence-electron chi connectivity index (χ0n) is 11.3. The summed E-state index contributed by atoms with van der Waals surface area (Å²) in [6.45, 7) is -1.79. The number of nitrogens with two attached hydrogens (primary N) is 1. The highest BCUT2D eigenvalue weighted by molar-refractivity contribution is 5.79. The highest BCUT2D eigenvalue weighted by atomic mass is 19.4. The summed E-state index contributed by atoms with van der Waals surface area (Å²) in [5.74, 6) is -3.00. The summed E-state index contributed by atoms with van der Waals surface area (Å²) >= 11 is 0. The van der Waals surface area contributed by atoms with Crippen LogP contribution in [0.15, 0.2) is 0 Å². The smallest absolute Gasteiger partial charge is 0.332 e. The van der Waals surface area contributed by atoms with Gasteiger partial charge in [0.15, 0.2) is 0 Å². The van der Waals surface area contributed by atoms with Crippen molar-refractivity contribution in [2.24, 2.45) is 17.6 Å². The summed E-state index contributed by atoms with van der Waals surface area (Å²) in [4.78, 5) is 12.6. The van der Waals surface area contributed by atoms with Gasteiger partial charge in [-0.1, -0.05) is 0 Å². The van der Waals surface area contributed by atoms with Gasteiger partial charge < -0.3 is 10.6 Å².